The summed E-state index contributed by atoms with van der Waals surface area (Å²) >= 11 is 0. The lowest BCUT2D eigenvalue weighted by atomic mass is 10.4. The normalized spacial score (nSPS) is 16.3. The number of rotatable bonds is 3. The molecule has 1 saturated carbocycles. The zero-order valence-electron chi connectivity index (χ0n) is 7.88. The Morgan fingerprint density at radius 1 is 1.40 bits per heavy atom. The monoisotopic (exact) mass is 229 g/mol. The highest BCUT2D eigenvalue weighted by Crippen LogP contribution is 2.28. The quantitative estimate of drug-likeness (QED) is 0.749. The summed E-state index contributed by atoms with van der Waals surface area (Å²) < 4.78 is 27.5. The molecule has 1 aromatic heterocycles. The molecule has 0 radical (unpaired) electrons. The summed E-state index contributed by atoms with van der Waals surface area (Å²) in [6, 6.07) is 2.76. The Balaban J connectivity index is 2.35. The Morgan fingerprint density at radius 2 is 2.07 bits per heavy atom. The van der Waals surface area contributed by atoms with Crippen LogP contribution in [0.4, 0.5) is 5.82 Å². The van der Waals surface area contributed by atoms with Crippen molar-refractivity contribution in [3.05, 3.63) is 12.1 Å². The predicted molar refractivity (Wildman–Crippen MR) is 53.7 cm³/mol. The van der Waals surface area contributed by atoms with E-state index in [1.165, 1.54) is 12.1 Å². The molecule has 2 rings (SSSR count). The van der Waals surface area contributed by atoms with Crippen molar-refractivity contribution in [1.82, 2.24) is 4.98 Å². The Hall–Kier alpha value is -1.34. The van der Waals surface area contributed by atoms with Gasteiger partial charge < -0.3 is 10.5 Å². The predicted octanol–water partition coefficient (Wildman–Crippen LogP) is -0.148. The fraction of sp³-hybridized carbons (Fsp3) is 0.375. The molecule has 82 valence electrons. The highest BCUT2D eigenvalue weighted by atomic mass is 32.2. The van der Waals surface area contributed by atoms with Crippen LogP contribution in [0.25, 0.3) is 0 Å². The second kappa shape index (κ2) is 3.35. The fourth-order valence-corrected chi connectivity index (χ4v) is 1.61. The molecule has 7 heteroatoms. The molecule has 0 aliphatic heterocycles. The Bertz CT molecular complexity index is 482. The molecule has 15 heavy (non-hydrogen) atoms. The molecule has 0 bridgehead atoms. The highest BCUT2D eigenvalue weighted by molar-refractivity contribution is 7.89. The number of ether oxygens (including phenoxy) is 1. The van der Waals surface area contributed by atoms with E-state index in [0.29, 0.717) is 5.75 Å². The standard InChI is InChI=1S/C8H11N3O3S/c9-7-3-6(14-5-1-2-5)4-8(11-7)15(10,12)13/h3-5H,1-2H2,(H2,9,11)(H2,10,12,13). The molecule has 6 nitrogen and oxygen atoms in total. The van der Waals surface area contributed by atoms with Gasteiger partial charge in [0, 0.05) is 12.1 Å². The number of primary sulfonamides is 1. The molecule has 1 fully saturated rings. The second-order valence-electron chi connectivity index (χ2n) is 3.43. The maximum Gasteiger partial charge on any atom is 0.255 e. The summed E-state index contributed by atoms with van der Waals surface area (Å²) in [6.07, 6.45) is 2.12. The minimum Gasteiger partial charge on any atom is -0.490 e. The van der Waals surface area contributed by atoms with Crippen LogP contribution in [-0.4, -0.2) is 19.5 Å². The summed E-state index contributed by atoms with van der Waals surface area (Å²) in [4.78, 5) is 3.62. The first-order chi connectivity index (χ1) is 6.95. The third-order valence-corrected chi connectivity index (χ3v) is 2.71. The molecule has 0 unspecified atom stereocenters. The van der Waals surface area contributed by atoms with Crippen molar-refractivity contribution in [3.63, 3.8) is 0 Å². The van der Waals surface area contributed by atoms with Crippen LogP contribution in [0.15, 0.2) is 17.2 Å². The summed E-state index contributed by atoms with van der Waals surface area (Å²) in [5, 5.41) is 4.67. The van der Waals surface area contributed by atoms with E-state index < -0.39 is 10.0 Å². The molecule has 1 heterocycles. The molecule has 0 spiro atoms. The van der Waals surface area contributed by atoms with Crippen molar-refractivity contribution in [1.29, 1.82) is 0 Å². The molecule has 1 aliphatic carbocycles. The van der Waals surface area contributed by atoms with E-state index in [4.69, 9.17) is 15.6 Å². The summed E-state index contributed by atoms with van der Waals surface area (Å²) in [6.45, 7) is 0. The largest absolute Gasteiger partial charge is 0.490 e. The first kappa shape index (κ1) is 10.2. The number of hydrogen-bond donors (Lipinski definition) is 2. The van der Waals surface area contributed by atoms with Crippen molar-refractivity contribution in [2.24, 2.45) is 5.14 Å². The van der Waals surface area contributed by atoms with Crippen LogP contribution in [0.2, 0.25) is 0 Å². The second-order valence-corrected chi connectivity index (χ2v) is 4.94. The molecule has 0 saturated heterocycles. The van der Waals surface area contributed by atoms with Crippen molar-refractivity contribution in [3.8, 4) is 5.75 Å². The van der Waals surface area contributed by atoms with Gasteiger partial charge in [-0.2, -0.15) is 0 Å². The number of nitrogen functional groups attached to an aromatic ring is 1. The first-order valence-electron chi connectivity index (χ1n) is 4.42. The van der Waals surface area contributed by atoms with Gasteiger partial charge in [0.05, 0.1) is 6.10 Å². The molecule has 0 amide bonds. The molecule has 1 aliphatic rings. The van der Waals surface area contributed by atoms with Gasteiger partial charge in [-0.25, -0.2) is 18.5 Å². The van der Waals surface area contributed by atoms with Crippen molar-refractivity contribution in [2.45, 2.75) is 24.0 Å². The third-order valence-electron chi connectivity index (χ3n) is 1.91. The number of pyridine rings is 1. The highest BCUT2D eigenvalue weighted by Gasteiger charge is 2.24. The Labute approximate surface area is 87.3 Å². The molecule has 0 aromatic carbocycles. The van der Waals surface area contributed by atoms with Gasteiger partial charge in [0.2, 0.25) is 0 Å². The van der Waals surface area contributed by atoms with E-state index >= 15 is 0 Å². The van der Waals surface area contributed by atoms with Crippen LogP contribution >= 0.6 is 0 Å². The van der Waals surface area contributed by atoms with Gasteiger partial charge >= 0.3 is 0 Å². The molecular weight excluding hydrogens is 218 g/mol. The zero-order chi connectivity index (χ0) is 11.1. The molecule has 1 aromatic rings. The molecule has 0 atom stereocenters. The van der Waals surface area contributed by atoms with E-state index in [1.807, 2.05) is 0 Å². The average Bonchev–Trinajstić information content (AvgIpc) is 2.85. The van der Waals surface area contributed by atoms with Gasteiger partial charge in [0.15, 0.2) is 5.03 Å². The van der Waals surface area contributed by atoms with Gasteiger partial charge in [0.25, 0.3) is 10.0 Å². The Morgan fingerprint density at radius 3 is 2.60 bits per heavy atom. The van der Waals surface area contributed by atoms with Gasteiger partial charge in [-0.3, -0.25) is 0 Å². The van der Waals surface area contributed by atoms with Crippen LogP contribution in [0.5, 0.6) is 5.75 Å². The van der Waals surface area contributed by atoms with Crippen LogP contribution in [0.3, 0.4) is 0 Å². The van der Waals surface area contributed by atoms with Crippen LogP contribution < -0.4 is 15.6 Å². The van der Waals surface area contributed by atoms with Gasteiger partial charge in [-0.05, 0) is 12.8 Å². The molecular formula is C8H11N3O3S. The Kier molecular flexibility index (Phi) is 2.28. The van der Waals surface area contributed by atoms with Crippen LogP contribution in [0, 0.1) is 0 Å². The maximum absolute atomic E-state index is 11.0. The number of sulfonamides is 1. The lowest BCUT2D eigenvalue weighted by molar-refractivity contribution is 0.302. The van der Waals surface area contributed by atoms with Gasteiger partial charge in [-0.1, -0.05) is 0 Å². The van der Waals surface area contributed by atoms with E-state index in [-0.39, 0.29) is 16.9 Å². The lowest BCUT2D eigenvalue weighted by Crippen LogP contribution is -2.15. The maximum atomic E-state index is 11.0. The lowest BCUT2D eigenvalue weighted by Gasteiger charge is -2.06. The zero-order valence-corrected chi connectivity index (χ0v) is 8.70. The van der Waals surface area contributed by atoms with Crippen molar-refractivity contribution in [2.75, 3.05) is 5.73 Å². The summed E-state index contributed by atoms with van der Waals surface area (Å²) in [7, 11) is -3.83. The number of hydrogen-bond acceptors (Lipinski definition) is 5. The fourth-order valence-electron chi connectivity index (χ4n) is 1.09. The number of nitrogens with zero attached hydrogens (tertiary/aromatic N) is 1. The topological polar surface area (TPSA) is 108 Å². The van der Waals surface area contributed by atoms with Crippen molar-refractivity contribution >= 4 is 15.8 Å². The SMILES string of the molecule is Nc1cc(OC2CC2)cc(S(N)(=O)=O)n1. The average molecular weight is 229 g/mol. The number of nitrogens with two attached hydrogens (primary N) is 2. The van der Waals surface area contributed by atoms with Crippen LogP contribution in [-0.2, 0) is 10.0 Å². The van der Waals surface area contributed by atoms with E-state index in [9.17, 15) is 8.42 Å². The first-order valence-corrected chi connectivity index (χ1v) is 5.97. The van der Waals surface area contributed by atoms with Gasteiger partial charge in [-0.15, -0.1) is 0 Å². The van der Waals surface area contributed by atoms with E-state index in [1.54, 1.807) is 0 Å². The smallest absolute Gasteiger partial charge is 0.255 e. The minimum atomic E-state index is -3.83. The number of anilines is 1. The summed E-state index contributed by atoms with van der Waals surface area (Å²) in [5.41, 5.74) is 5.44. The van der Waals surface area contributed by atoms with E-state index in [2.05, 4.69) is 4.98 Å². The minimum absolute atomic E-state index is 0.0807. The van der Waals surface area contributed by atoms with Gasteiger partial charge in [0.1, 0.15) is 11.6 Å². The molecule has 4 N–H and O–H groups in total. The summed E-state index contributed by atoms with van der Waals surface area (Å²) in [5.74, 6) is 0.478. The van der Waals surface area contributed by atoms with Crippen LogP contribution in [0.1, 0.15) is 12.8 Å². The number of aromatic nitrogens is 1. The van der Waals surface area contributed by atoms with Crippen molar-refractivity contribution < 1.29 is 13.2 Å². The third kappa shape index (κ3) is 2.57. The van der Waals surface area contributed by atoms with E-state index in [0.717, 1.165) is 12.8 Å².